The number of tetrazole rings is 1. The van der Waals surface area contributed by atoms with E-state index in [-0.39, 0.29) is 23.7 Å². The second kappa shape index (κ2) is 10.1. The van der Waals surface area contributed by atoms with Gasteiger partial charge in [0.15, 0.2) is 5.43 Å². The Hall–Kier alpha value is -5.29. The van der Waals surface area contributed by atoms with Crippen LogP contribution in [0.15, 0.2) is 99.5 Å². The van der Waals surface area contributed by atoms with E-state index in [2.05, 4.69) is 32.2 Å². The molecule has 4 N–H and O–H groups in total. The van der Waals surface area contributed by atoms with Crippen molar-refractivity contribution >= 4 is 16.9 Å². The molecule has 0 aliphatic rings. The van der Waals surface area contributed by atoms with Gasteiger partial charge < -0.3 is 19.1 Å². The predicted octanol–water partition coefficient (Wildman–Crippen LogP) is 3.58. The highest BCUT2D eigenvalue weighted by molar-refractivity contribution is 5.95. The number of aromatic amines is 1. The first kappa shape index (κ1) is 23.5. The van der Waals surface area contributed by atoms with E-state index in [4.69, 9.17) is 19.9 Å². The monoisotopic (exact) mass is 496 g/mol. The average molecular weight is 496 g/mol. The van der Waals surface area contributed by atoms with E-state index in [1.807, 2.05) is 6.07 Å². The van der Waals surface area contributed by atoms with Gasteiger partial charge in [0.2, 0.25) is 11.7 Å². The van der Waals surface area contributed by atoms with Crippen LogP contribution in [0.5, 0.6) is 11.5 Å². The van der Waals surface area contributed by atoms with Gasteiger partial charge in [0.25, 0.3) is 0 Å². The van der Waals surface area contributed by atoms with Gasteiger partial charge in [0.05, 0.1) is 16.6 Å². The molecule has 184 valence electrons. The first-order chi connectivity index (χ1) is 18.0. The summed E-state index contributed by atoms with van der Waals surface area (Å²) in [7, 11) is 0. The molecule has 0 bridgehead atoms. The Morgan fingerprint density at radius 3 is 2.70 bits per heavy atom. The van der Waals surface area contributed by atoms with Crippen LogP contribution in [0.1, 0.15) is 5.56 Å². The van der Waals surface area contributed by atoms with Crippen molar-refractivity contribution in [1.29, 1.82) is 0 Å². The van der Waals surface area contributed by atoms with Crippen molar-refractivity contribution in [3.8, 4) is 34.0 Å². The maximum Gasteiger partial charge on any atom is 0.245 e. The lowest BCUT2D eigenvalue weighted by Gasteiger charge is -2.09. The standard InChI is InChI=1S/C26H20N6O5/c1-15(28-26(37-27)18-4-2-3-17(11-18)25-29-31-32-30-25)13-35-20-9-10-21-23(12-20)36-14-22(24(21)34)16-5-7-19(33)8-6-16/h2-12,14,33H,1,13,27H2,(H,29,30,31,32). The zero-order valence-electron chi connectivity index (χ0n) is 19.3. The van der Waals surface area contributed by atoms with E-state index >= 15 is 0 Å². The van der Waals surface area contributed by atoms with Gasteiger partial charge in [-0.25, -0.2) is 4.99 Å². The Balaban J connectivity index is 1.31. The van der Waals surface area contributed by atoms with Gasteiger partial charge in [-0.3, -0.25) is 4.79 Å². The molecular weight excluding hydrogens is 476 g/mol. The molecule has 0 aliphatic heterocycles. The number of rotatable bonds is 7. The van der Waals surface area contributed by atoms with Crippen molar-refractivity contribution in [3.63, 3.8) is 0 Å². The summed E-state index contributed by atoms with van der Waals surface area (Å²) in [5, 5.41) is 23.7. The molecule has 0 atom stereocenters. The molecule has 0 spiro atoms. The number of nitrogens with zero attached hydrogens (tertiary/aromatic N) is 4. The van der Waals surface area contributed by atoms with E-state index < -0.39 is 0 Å². The Labute approximate surface area is 209 Å². The van der Waals surface area contributed by atoms with Gasteiger partial charge in [0.1, 0.15) is 30.0 Å². The number of benzene rings is 3. The maximum absolute atomic E-state index is 12.9. The summed E-state index contributed by atoms with van der Waals surface area (Å²) in [5.74, 6) is 6.57. The average Bonchev–Trinajstić information content (AvgIpc) is 3.47. The van der Waals surface area contributed by atoms with Gasteiger partial charge in [-0.1, -0.05) is 30.8 Å². The van der Waals surface area contributed by atoms with Crippen LogP contribution >= 0.6 is 0 Å². The smallest absolute Gasteiger partial charge is 0.245 e. The summed E-state index contributed by atoms with van der Waals surface area (Å²) in [6, 6.07) is 18.3. The second-order valence-corrected chi connectivity index (χ2v) is 7.89. The summed E-state index contributed by atoms with van der Waals surface area (Å²) < 4.78 is 11.5. The molecular formula is C26H20N6O5. The summed E-state index contributed by atoms with van der Waals surface area (Å²) in [5.41, 5.74) is 2.83. The third-order valence-electron chi connectivity index (χ3n) is 5.41. The van der Waals surface area contributed by atoms with Crippen molar-refractivity contribution < 1.29 is 19.1 Å². The molecule has 0 radical (unpaired) electrons. The molecule has 0 unspecified atom stereocenters. The lowest BCUT2D eigenvalue weighted by molar-refractivity contribution is 0.318. The number of nitrogens with two attached hydrogens (primary N) is 1. The van der Waals surface area contributed by atoms with E-state index in [9.17, 15) is 9.90 Å². The molecule has 11 heteroatoms. The minimum atomic E-state index is -0.194. The predicted molar refractivity (Wildman–Crippen MR) is 136 cm³/mol. The van der Waals surface area contributed by atoms with Crippen LogP contribution in [0, 0.1) is 0 Å². The quantitative estimate of drug-likeness (QED) is 0.174. The number of H-pyrrole nitrogens is 1. The number of aromatic nitrogens is 4. The van der Waals surface area contributed by atoms with Crippen molar-refractivity contribution in [1.82, 2.24) is 20.6 Å². The lowest BCUT2D eigenvalue weighted by Crippen LogP contribution is -2.13. The number of hydrogen-bond donors (Lipinski definition) is 3. The molecule has 0 saturated carbocycles. The molecule has 0 fully saturated rings. The number of aromatic hydroxyl groups is 1. The Kier molecular flexibility index (Phi) is 6.43. The van der Waals surface area contributed by atoms with E-state index in [0.29, 0.717) is 50.5 Å². The first-order valence-corrected chi connectivity index (χ1v) is 11.0. The van der Waals surface area contributed by atoms with E-state index in [1.54, 1.807) is 48.5 Å². The summed E-state index contributed by atoms with van der Waals surface area (Å²) in [6.45, 7) is 3.93. The number of nitrogens with one attached hydrogen (secondary N) is 1. The number of fused-ring (bicyclic) bond motifs is 1. The Bertz CT molecular complexity index is 1660. The van der Waals surface area contributed by atoms with Crippen LogP contribution in [0.2, 0.25) is 0 Å². The molecule has 11 nitrogen and oxygen atoms in total. The fourth-order valence-corrected chi connectivity index (χ4v) is 3.62. The number of aliphatic imine (C=N–C) groups is 1. The first-order valence-electron chi connectivity index (χ1n) is 11.0. The molecule has 0 aliphatic carbocycles. The van der Waals surface area contributed by atoms with Gasteiger partial charge >= 0.3 is 0 Å². The Morgan fingerprint density at radius 1 is 1.11 bits per heavy atom. The largest absolute Gasteiger partial charge is 0.508 e. The molecule has 37 heavy (non-hydrogen) atoms. The van der Waals surface area contributed by atoms with Crippen LogP contribution in [0.25, 0.3) is 33.5 Å². The minimum absolute atomic E-state index is 0.0265. The van der Waals surface area contributed by atoms with Crippen LogP contribution in [-0.2, 0) is 4.84 Å². The van der Waals surface area contributed by atoms with Crippen LogP contribution < -0.4 is 16.1 Å². The summed E-state index contributed by atoms with van der Waals surface area (Å²) in [4.78, 5) is 22.2. The highest BCUT2D eigenvalue weighted by Gasteiger charge is 2.12. The van der Waals surface area contributed by atoms with E-state index in [1.165, 1.54) is 18.4 Å². The van der Waals surface area contributed by atoms with Crippen LogP contribution in [0.3, 0.4) is 0 Å². The fraction of sp³-hybridized carbons (Fsp3) is 0.0385. The number of ether oxygens (including phenoxy) is 1. The number of phenols is 1. The fourth-order valence-electron chi connectivity index (χ4n) is 3.62. The minimum Gasteiger partial charge on any atom is -0.508 e. The summed E-state index contributed by atoms with van der Waals surface area (Å²) in [6.07, 6.45) is 1.39. The van der Waals surface area contributed by atoms with E-state index in [0.717, 1.165) is 0 Å². The molecule has 5 aromatic rings. The number of phenolic OH excluding ortho intramolecular Hbond substituents is 1. The highest BCUT2D eigenvalue weighted by Crippen LogP contribution is 2.25. The van der Waals surface area contributed by atoms with Crippen molar-refractivity contribution in [2.45, 2.75) is 0 Å². The van der Waals surface area contributed by atoms with Crippen molar-refractivity contribution in [2.75, 3.05) is 6.61 Å². The molecule has 0 amide bonds. The number of hydrogen-bond acceptors (Lipinski definition) is 10. The molecule has 5 rings (SSSR count). The van der Waals surface area contributed by atoms with Crippen LogP contribution in [-0.4, -0.2) is 38.2 Å². The molecule has 3 aromatic carbocycles. The van der Waals surface area contributed by atoms with Crippen molar-refractivity contribution in [3.05, 3.63) is 101 Å². The summed E-state index contributed by atoms with van der Waals surface area (Å²) >= 11 is 0. The molecule has 2 aromatic heterocycles. The third-order valence-corrected chi connectivity index (χ3v) is 5.41. The normalized spacial score (nSPS) is 11.4. The molecule has 0 saturated heterocycles. The second-order valence-electron chi connectivity index (χ2n) is 7.89. The lowest BCUT2D eigenvalue weighted by atomic mass is 10.1. The van der Waals surface area contributed by atoms with Gasteiger partial charge in [-0.2, -0.15) is 11.1 Å². The zero-order valence-corrected chi connectivity index (χ0v) is 19.3. The Morgan fingerprint density at radius 2 is 1.95 bits per heavy atom. The third kappa shape index (κ3) is 5.06. The highest BCUT2D eigenvalue weighted by atomic mass is 16.6. The van der Waals surface area contributed by atoms with Gasteiger partial charge in [-0.05, 0) is 47.2 Å². The topological polar surface area (TPSA) is 162 Å². The SMILES string of the molecule is C=C(COc1ccc2c(=O)c(-c3ccc(O)cc3)coc2c1)N=C(ON)c1cccc(-c2nn[nH]n2)c1. The zero-order chi connectivity index (χ0) is 25.8. The van der Waals surface area contributed by atoms with Crippen molar-refractivity contribution in [2.24, 2.45) is 10.9 Å². The van der Waals surface area contributed by atoms with Gasteiger partial charge in [-0.15, -0.1) is 10.2 Å². The van der Waals surface area contributed by atoms with Gasteiger partial charge in [0, 0.05) is 17.2 Å². The molecule has 2 heterocycles. The maximum atomic E-state index is 12.9. The van der Waals surface area contributed by atoms with Crippen LogP contribution in [0.4, 0.5) is 0 Å².